The lowest BCUT2D eigenvalue weighted by Crippen LogP contribution is -2.26. The van der Waals surface area contributed by atoms with Crippen LogP contribution in [0.1, 0.15) is 38.8 Å². The monoisotopic (exact) mass is 485 g/mol. The molecule has 0 bridgehead atoms. The second-order valence-electron chi connectivity index (χ2n) is 8.12. The van der Waals surface area contributed by atoms with Crippen LogP contribution in [-0.2, 0) is 6.54 Å². The number of aromatic nitrogens is 2. The number of hydrogen-bond donors (Lipinski definition) is 2. The van der Waals surface area contributed by atoms with Gasteiger partial charge in [-0.05, 0) is 54.4 Å². The molecule has 4 aromatic rings. The van der Waals surface area contributed by atoms with Gasteiger partial charge in [-0.25, -0.2) is 4.39 Å². The van der Waals surface area contributed by atoms with E-state index in [1.54, 1.807) is 54.5 Å². The average molecular weight is 486 g/mol. The zero-order valence-electron chi connectivity index (χ0n) is 20.1. The summed E-state index contributed by atoms with van der Waals surface area (Å²) in [5, 5.41) is 19.4. The van der Waals surface area contributed by atoms with Crippen molar-refractivity contribution in [1.29, 1.82) is 5.26 Å². The summed E-state index contributed by atoms with van der Waals surface area (Å²) in [6.45, 7) is 2.47. The fraction of sp³-hybridized carbons (Fsp3) is 0.185. The average Bonchev–Trinajstić information content (AvgIpc) is 3.39. The maximum Gasteiger partial charge on any atom is 0.254 e. The SMILES string of the molecule is CCOc1cc(C(=O)N(C)Cc2ccc(C#N)c3cn[nH]c23)ccc1-c1ccc(F)c(C(=O)NC)c1. The van der Waals surface area contributed by atoms with E-state index in [1.165, 1.54) is 19.2 Å². The van der Waals surface area contributed by atoms with Gasteiger partial charge in [0.25, 0.3) is 11.8 Å². The Hall–Kier alpha value is -4.71. The molecule has 0 aliphatic rings. The third-order valence-corrected chi connectivity index (χ3v) is 5.85. The Morgan fingerprint density at radius 3 is 2.72 bits per heavy atom. The lowest BCUT2D eigenvalue weighted by Gasteiger charge is -2.19. The first-order valence-electron chi connectivity index (χ1n) is 11.3. The number of H-pyrrole nitrogens is 1. The Bertz CT molecular complexity index is 1510. The number of amides is 2. The van der Waals surface area contributed by atoms with Crippen molar-refractivity contribution in [2.75, 3.05) is 20.7 Å². The maximum absolute atomic E-state index is 14.2. The molecule has 0 spiro atoms. The summed E-state index contributed by atoms with van der Waals surface area (Å²) in [5.74, 6) is -0.946. The van der Waals surface area contributed by atoms with Gasteiger partial charge in [-0.2, -0.15) is 10.4 Å². The number of carbonyl (C=O) groups excluding carboxylic acids is 2. The summed E-state index contributed by atoms with van der Waals surface area (Å²) >= 11 is 0. The second-order valence-corrected chi connectivity index (χ2v) is 8.12. The third-order valence-electron chi connectivity index (χ3n) is 5.85. The predicted molar refractivity (Wildman–Crippen MR) is 133 cm³/mol. The molecule has 0 aliphatic heterocycles. The highest BCUT2D eigenvalue weighted by Gasteiger charge is 2.19. The van der Waals surface area contributed by atoms with Crippen molar-refractivity contribution < 1.29 is 18.7 Å². The number of nitriles is 1. The van der Waals surface area contributed by atoms with Gasteiger partial charge in [0.1, 0.15) is 11.6 Å². The first kappa shape index (κ1) is 24.4. The molecule has 36 heavy (non-hydrogen) atoms. The first-order valence-corrected chi connectivity index (χ1v) is 11.3. The number of nitrogens with one attached hydrogen (secondary N) is 2. The minimum atomic E-state index is -0.626. The molecule has 2 amide bonds. The standard InChI is InChI=1S/C27H24FN5O3/c1-4-36-24-12-17(7-9-20(24)16-8-10-23(28)21(11-16)26(34)30-2)27(35)33(3)15-19-6-5-18(13-29)22-14-31-32-25(19)22/h5-12,14H,4,15H2,1-3H3,(H,30,34)(H,31,32). The van der Waals surface area contributed by atoms with Crippen LogP contribution in [0.15, 0.2) is 54.7 Å². The van der Waals surface area contributed by atoms with E-state index in [4.69, 9.17) is 4.74 Å². The number of hydrogen-bond acceptors (Lipinski definition) is 5. The molecule has 0 radical (unpaired) electrons. The second kappa shape index (κ2) is 10.3. The van der Waals surface area contributed by atoms with Gasteiger partial charge in [-0.15, -0.1) is 0 Å². The molecule has 0 saturated heterocycles. The number of halogens is 1. The van der Waals surface area contributed by atoms with Crippen molar-refractivity contribution in [3.05, 3.63) is 82.8 Å². The minimum absolute atomic E-state index is 0.0788. The summed E-state index contributed by atoms with van der Waals surface area (Å²) in [7, 11) is 3.12. The lowest BCUT2D eigenvalue weighted by atomic mass is 9.99. The van der Waals surface area contributed by atoms with Crippen LogP contribution in [0.5, 0.6) is 5.75 Å². The van der Waals surface area contributed by atoms with E-state index in [0.29, 0.717) is 52.1 Å². The fourth-order valence-corrected chi connectivity index (χ4v) is 4.04. The molecule has 1 heterocycles. The lowest BCUT2D eigenvalue weighted by molar-refractivity contribution is 0.0785. The van der Waals surface area contributed by atoms with E-state index >= 15 is 0 Å². The van der Waals surface area contributed by atoms with Crippen molar-refractivity contribution in [1.82, 2.24) is 20.4 Å². The summed E-state index contributed by atoms with van der Waals surface area (Å²) in [4.78, 5) is 26.9. The molecule has 0 unspecified atom stereocenters. The molecule has 0 saturated carbocycles. The molecule has 8 nitrogen and oxygen atoms in total. The molecule has 4 rings (SSSR count). The minimum Gasteiger partial charge on any atom is -0.493 e. The molecule has 1 aromatic heterocycles. The highest BCUT2D eigenvalue weighted by molar-refractivity contribution is 5.97. The van der Waals surface area contributed by atoms with Gasteiger partial charge in [-0.1, -0.05) is 12.1 Å². The van der Waals surface area contributed by atoms with Crippen molar-refractivity contribution in [3.63, 3.8) is 0 Å². The number of fused-ring (bicyclic) bond motifs is 1. The molecule has 9 heteroatoms. The van der Waals surface area contributed by atoms with Gasteiger partial charge in [0.05, 0.1) is 35.5 Å². The van der Waals surface area contributed by atoms with Crippen molar-refractivity contribution in [2.24, 2.45) is 0 Å². The summed E-state index contributed by atoms with van der Waals surface area (Å²) in [6.07, 6.45) is 1.59. The molecule has 2 N–H and O–H groups in total. The molecule has 0 atom stereocenters. The predicted octanol–water partition coefficient (Wildman–Crippen LogP) is 4.27. The molecular formula is C27H24FN5O3. The van der Waals surface area contributed by atoms with Gasteiger partial charge in [0, 0.05) is 37.2 Å². The van der Waals surface area contributed by atoms with Gasteiger partial charge >= 0.3 is 0 Å². The Labute approximate surface area is 207 Å². The van der Waals surface area contributed by atoms with E-state index in [2.05, 4.69) is 21.6 Å². The highest BCUT2D eigenvalue weighted by atomic mass is 19.1. The largest absolute Gasteiger partial charge is 0.493 e. The van der Waals surface area contributed by atoms with Gasteiger partial charge < -0.3 is 15.0 Å². The van der Waals surface area contributed by atoms with Gasteiger partial charge in [0.15, 0.2) is 0 Å². The van der Waals surface area contributed by atoms with Crippen molar-refractivity contribution in [3.8, 4) is 22.9 Å². The summed E-state index contributed by atoms with van der Waals surface area (Å²) in [6, 6.07) is 14.9. The Kier molecular flexibility index (Phi) is 6.97. The Morgan fingerprint density at radius 2 is 2.00 bits per heavy atom. The smallest absolute Gasteiger partial charge is 0.254 e. The number of carbonyl (C=O) groups is 2. The zero-order valence-corrected chi connectivity index (χ0v) is 20.1. The topological polar surface area (TPSA) is 111 Å². The molecule has 0 fully saturated rings. The van der Waals surface area contributed by atoms with Gasteiger partial charge in [-0.3, -0.25) is 14.7 Å². The number of rotatable bonds is 7. The van der Waals surface area contributed by atoms with Crippen LogP contribution in [-0.4, -0.2) is 47.6 Å². The van der Waals surface area contributed by atoms with Crippen LogP contribution in [0.4, 0.5) is 4.39 Å². The van der Waals surface area contributed by atoms with E-state index in [-0.39, 0.29) is 11.5 Å². The van der Waals surface area contributed by atoms with Crippen LogP contribution in [0.3, 0.4) is 0 Å². The van der Waals surface area contributed by atoms with Gasteiger partial charge in [0.2, 0.25) is 0 Å². The molecular weight excluding hydrogens is 461 g/mol. The zero-order chi connectivity index (χ0) is 25.8. The number of benzene rings is 3. The Balaban J connectivity index is 1.64. The van der Waals surface area contributed by atoms with Crippen LogP contribution in [0.2, 0.25) is 0 Å². The van der Waals surface area contributed by atoms with Crippen LogP contribution >= 0.6 is 0 Å². The van der Waals surface area contributed by atoms with E-state index in [9.17, 15) is 19.2 Å². The number of aromatic amines is 1. The normalized spacial score (nSPS) is 10.6. The van der Waals surface area contributed by atoms with Crippen LogP contribution < -0.4 is 10.1 Å². The number of nitrogens with zero attached hydrogens (tertiary/aromatic N) is 3. The van der Waals surface area contributed by atoms with E-state index in [0.717, 1.165) is 5.56 Å². The third kappa shape index (κ3) is 4.61. The maximum atomic E-state index is 14.2. The molecule has 3 aromatic carbocycles. The quantitative estimate of drug-likeness (QED) is 0.406. The molecule has 182 valence electrons. The van der Waals surface area contributed by atoms with Crippen LogP contribution in [0, 0.1) is 17.1 Å². The van der Waals surface area contributed by atoms with E-state index in [1.807, 2.05) is 6.92 Å². The summed E-state index contributed by atoms with van der Waals surface area (Å²) < 4.78 is 20.0. The molecule has 0 aliphatic carbocycles. The van der Waals surface area contributed by atoms with Crippen LogP contribution in [0.25, 0.3) is 22.0 Å². The van der Waals surface area contributed by atoms with Crippen molar-refractivity contribution in [2.45, 2.75) is 13.5 Å². The Morgan fingerprint density at radius 1 is 1.19 bits per heavy atom. The summed E-state index contributed by atoms with van der Waals surface area (Å²) in [5.41, 5.74) is 3.60. The number of ether oxygens (including phenoxy) is 1. The van der Waals surface area contributed by atoms with E-state index < -0.39 is 11.7 Å². The fourth-order valence-electron chi connectivity index (χ4n) is 4.04. The highest BCUT2D eigenvalue weighted by Crippen LogP contribution is 2.33. The van der Waals surface area contributed by atoms with Crippen molar-refractivity contribution >= 4 is 22.7 Å². The first-order chi connectivity index (χ1) is 17.4.